The summed E-state index contributed by atoms with van der Waals surface area (Å²) in [5.74, 6) is 0.508. The molecule has 0 aromatic heterocycles. The van der Waals surface area contributed by atoms with Crippen molar-refractivity contribution in [1.82, 2.24) is 5.32 Å². The van der Waals surface area contributed by atoms with E-state index in [1.807, 2.05) is 0 Å². The number of hydrogen-bond donors (Lipinski definition) is 1. The molecule has 0 fully saturated rings. The maximum Gasteiger partial charge on any atom is 0.416 e. The fraction of sp³-hybridized carbons (Fsp3) is 0.235. The molecule has 0 bridgehead atoms. The van der Waals surface area contributed by atoms with Crippen LogP contribution in [0.2, 0.25) is 0 Å². The summed E-state index contributed by atoms with van der Waals surface area (Å²) in [5, 5.41) is 2.68. The number of rotatable bonds is 5. The molecule has 23 heavy (non-hydrogen) atoms. The summed E-state index contributed by atoms with van der Waals surface area (Å²) < 4.78 is 42.4. The molecule has 0 aliphatic rings. The van der Waals surface area contributed by atoms with Crippen molar-refractivity contribution >= 4 is 5.91 Å². The van der Waals surface area contributed by atoms with Crippen molar-refractivity contribution in [3.8, 4) is 5.75 Å². The SMILES string of the molecule is COc1ccc(CC(=O)NCc2ccc(C(F)(F)F)cc2)cc1. The van der Waals surface area contributed by atoms with E-state index < -0.39 is 11.7 Å². The predicted molar refractivity (Wildman–Crippen MR) is 80.0 cm³/mol. The normalized spacial score (nSPS) is 11.1. The summed E-state index contributed by atoms with van der Waals surface area (Å²) in [6, 6.07) is 11.8. The van der Waals surface area contributed by atoms with Crippen LogP contribution in [0, 0.1) is 0 Å². The van der Waals surface area contributed by atoms with E-state index in [-0.39, 0.29) is 18.9 Å². The van der Waals surface area contributed by atoms with Crippen molar-refractivity contribution in [2.75, 3.05) is 7.11 Å². The first-order valence-corrected chi connectivity index (χ1v) is 6.94. The van der Waals surface area contributed by atoms with Gasteiger partial charge in [-0.25, -0.2) is 0 Å². The standard InChI is InChI=1S/C17H16F3NO2/c1-23-15-8-4-12(5-9-15)10-16(22)21-11-13-2-6-14(7-3-13)17(18,19)20/h2-9H,10-11H2,1H3,(H,21,22). The van der Waals surface area contributed by atoms with Gasteiger partial charge in [-0.15, -0.1) is 0 Å². The van der Waals surface area contributed by atoms with E-state index in [9.17, 15) is 18.0 Å². The van der Waals surface area contributed by atoms with Crippen LogP contribution in [-0.4, -0.2) is 13.0 Å². The van der Waals surface area contributed by atoms with Crippen molar-refractivity contribution in [3.63, 3.8) is 0 Å². The highest BCUT2D eigenvalue weighted by Gasteiger charge is 2.29. The molecule has 1 N–H and O–H groups in total. The third-order valence-corrected chi connectivity index (χ3v) is 3.29. The highest BCUT2D eigenvalue weighted by Crippen LogP contribution is 2.29. The van der Waals surface area contributed by atoms with Gasteiger partial charge in [0.05, 0.1) is 19.1 Å². The van der Waals surface area contributed by atoms with Gasteiger partial charge in [-0.05, 0) is 35.4 Å². The lowest BCUT2D eigenvalue weighted by Gasteiger charge is -2.09. The second-order valence-electron chi connectivity index (χ2n) is 5.00. The Kier molecular flexibility index (Phi) is 5.26. The molecule has 6 heteroatoms. The summed E-state index contributed by atoms with van der Waals surface area (Å²) in [7, 11) is 1.56. The summed E-state index contributed by atoms with van der Waals surface area (Å²) in [5.41, 5.74) is 0.739. The Hall–Kier alpha value is -2.50. The number of ether oxygens (including phenoxy) is 1. The van der Waals surface area contributed by atoms with Crippen LogP contribution in [0.1, 0.15) is 16.7 Å². The zero-order valence-electron chi connectivity index (χ0n) is 12.5. The molecule has 0 aliphatic carbocycles. The first-order chi connectivity index (χ1) is 10.9. The molecular formula is C17H16F3NO2. The van der Waals surface area contributed by atoms with Crippen molar-refractivity contribution in [3.05, 3.63) is 65.2 Å². The number of nitrogens with one attached hydrogen (secondary N) is 1. The Balaban J connectivity index is 1.86. The Labute approximate surface area is 132 Å². The summed E-state index contributed by atoms with van der Waals surface area (Å²) >= 11 is 0. The first-order valence-electron chi connectivity index (χ1n) is 6.94. The zero-order chi connectivity index (χ0) is 16.9. The lowest BCUT2D eigenvalue weighted by atomic mass is 10.1. The van der Waals surface area contributed by atoms with E-state index in [1.54, 1.807) is 31.4 Å². The highest BCUT2D eigenvalue weighted by molar-refractivity contribution is 5.78. The Morgan fingerprint density at radius 1 is 1.00 bits per heavy atom. The van der Waals surface area contributed by atoms with Gasteiger partial charge in [0.25, 0.3) is 0 Å². The van der Waals surface area contributed by atoms with E-state index in [0.717, 1.165) is 17.7 Å². The molecule has 3 nitrogen and oxygen atoms in total. The van der Waals surface area contributed by atoms with Crippen LogP contribution in [0.25, 0.3) is 0 Å². The monoisotopic (exact) mass is 323 g/mol. The van der Waals surface area contributed by atoms with Gasteiger partial charge in [0, 0.05) is 6.54 Å². The summed E-state index contributed by atoms with van der Waals surface area (Å²) in [6.07, 6.45) is -4.15. The minimum atomic E-state index is -4.35. The molecule has 0 aliphatic heterocycles. The van der Waals surface area contributed by atoms with E-state index in [0.29, 0.717) is 11.3 Å². The molecule has 0 spiro atoms. The average molecular weight is 323 g/mol. The molecule has 0 radical (unpaired) electrons. The molecule has 1 amide bonds. The van der Waals surface area contributed by atoms with Crippen LogP contribution in [0.3, 0.4) is 0 Å². The largest absolute Gasteiger partial charge is 0.497 e. The van der Waals surface area contributed by atoms with Gasteiger partial charge in [0.15, 0.2) is 0 Å². The van der Waals surface area contributed by atoms with E-state index >= 15 is 0 Å². The third kappa shape index (κ3) is 5.02. The van der Waals surface area contributed by atoms with Crippen LogP contribution in [0.15, 0.2) is 48.5 Å². The fourth-order valence-corrected chi connectivity index (χ4v) is 2.00. The average Bonchev–Trinajstić information content (AvgIpc) is 2.53. The predicted octanol–water partition coefficient (Wildman–Crippen LogP) is 3.57. The van der Waals surface area contributed by atoms with Gasteiger partial charge < -0.3 is 10.1 Å². The molecular weight excluding hydrogens is 307 g/mol. The lowest BCUT2D eigenvalue weighted by Crippen LogP contribution is -2.24. The van der Waals surface area contributed by atoms with E-state index in [1.165, 1.54) is 12.1 Å². The van der Waals surface area contributed by atoms with Crippen molar-refractivity contribution < 1.29 is 22.7 Å². The summed E-state index contributed by atoms with van der Waals surface area (Å²) in [4.78, 5) is 11.8. The van der Waals surface area contributed by atoms with Crippen LogP contribution < -0.4 is 10.1 Å². The minimum Gasteiger partial charge on any atom is -0.497 e. The molecule has 2 rings (SSSR count). The van der Waals surface area contributed by atoms with Crippen molar-refractivity contribution in [1.29, 1.82) is 0 Å². The minimum absolute atomic E-state index is 0.188. The quantitative estimate of drug-likeness (QED) is 0.913. The Morgan fingerprint density at radius 3 is 2.09 bits per heavy atom. The van der Waals surface area contributed by atoms with Crippen molar-refractivity contribution in [2.45, 2.75) is 19.1 Å². The zero-order valence-corrected chi connectivity index (χ0v) is 12.5. The van der Waals surface area contributed by atoms with Gasteiger partial charge in [-0.3, -0.25) is 4.79 Å². The molecule has 2 aromatic rings. The molecule has 0 saturated heterocycles. The van der Waals surface area contributed by atoms with Gasteiger partial charge in [0.1, 0.15) is 5.75 Å². The van der Waals surface area contributed by atoms with Crippen LogP contribution in [0.4, 0.5) is 13.2 Å². The number of amides is 1. The van der Waals surface area contributed by atoms with Gasteiger partial charge >= 0.3 is 6.18 Å². The van der Waals surface area contributed by atoms with Crippen LogP contribution in [-0.2, 0) is 23.9 Å². The highest BCUT2D eigenvalue weighted by atomic mass is 19.4. The molecule has 0 unspecified atom stereocenters. The second-order valence-corrected chi connectivity index (χ2v) is 5.00. The lowest BCUT2D eigenvalue weighted by molar-refractivity contribution is -0.137. The fourth-order valence-electron chi connectivity index (χ4n) is 2.00. The Bertz CT molecular complexity index is 649. The summed E-state index contributed by atoms with van der Waals surface area (Å²) in [6.45, 7) is 0.188. The number of alkyl halides is 3. The van der Waals surface area contributed by atoms with Gasteiger partial charge in [-0.2, -0.15) is 13.2 Å². The maximum atomic E-state index is 12.5. The molecule has 0 saturated carbocycles. The first kappa shape index (κ1) is 16.9. The van der Waals surface area contributed by atoms with Crippen LogP contribution >= 0.6 is 0 Å². The third-order valence-electron chi connectivity index (χ3n) is 3.29. The molecule has 0 heterocycles. The number of carbonyl (C=O) groups is 1. The molecule has 2 aromatic carbocycles. The molecule has 122 valence electrons. The molecule has 0 atom stereocenters. The number of carbonyl (C=O) groups excluding carboxylic acids is 1. The van der Waals surface area contributed by atoms with E-state index in [4.69, 9.17) is 4.74 Å². The number of benzene rings is 2. The Morgan fingerprint density at radius 2 is 1.57 bits per heavy atom. The topological polar surface area (TPSA) is 38.3 Å². The van der Waals surface area contributed by atoms with Crippen LogP contribution in [0.5, 0.6) is 5.75 Å². The number of hydrogen-bond acceptors (Lipinski definition) is 2. The number of methoxy groups -OCH3 is 1. The second kappa shape index (κ2) is 7.17. The van der Waals surface area contributed by atoms with E-state index in [2.05, 4.69) is 5.32 Å². The van der Waals surface area contributed by atoms with Gasteiger partial charge in [-0.1, -0.05) is 24.3 Å². The number of halogens is 3. The van der Waals surface area contributed by atoms with Gasteiger partial charge in [0.2, 0.25) is 5.91 Å². The smallest absolute Gasteiger partial charge is 0.416 e. The maximum absolute atomic E-state index is 12.5. The van der Waals surface area contributed by atoms with Crippen molar-refractivity contribution in [2.24, 2.45) is 0 Å².